The van der Waals surface area contributed by atoms with Crippen LogP contribution in [-0.4, -0.2) is 50.0 Å². The normalized spacial score (nSPS) is 17.9. The predicted octanol–water partition coefficient (Wildman–Crippen LogP) is 1.84. The van der Waals surface area contributed by atoms with Gasteiger partial charge in [0.1, 0.15) is 12.4 Å². The first-order valence-electron chi connectivity index (χ1n) is 9.23. The summed E-state index contributed by atoms with van der Waals surface area (Å²) in [5.74, 6) is 0.422. The predicted molar refractivity (Wildman–Crippen MR) is 102 cm³/mol. The molecule has 1 aliphatic heterocycles. The minimum atomic E-state index is -0.148. The van der Waals surface area contributed by atoms with E-state index in [1.165, 1.54) is 5.56 Å². The van der Waals surface area contributed by atoms with Gasteiger partial charge in [-0.3, -0.25) is 14.7 Å². The van der Waals surface area contributed by atoms with Crippen LogP contribution in [0.1, 0.15) is 34.6 Å². The molecule has 1 amide bonds. The molecule has 0 saturated carbocycles. The third kappa shape index (κ3) is 4.15. The number of nitrogens with one attached hydrogen (secondary N) is 2. The van der Waals surface area contributed by atoms with E-state index in [1.807, 2.05) is 12.3 Å². The van der Waals surface area contributed by atoms with Crippen molar-refractivity contribution in [2.24, 2.45) is 0 Å². The molecular formula is C20H23N5O2. The fourth-order valence-corrected chi connectivity index (χ4v) is 3.61. The molecule has 0 bridgehead atoms. The smallest absolute Gasteiger partial charge is 0.251 e. The van der Waals surface area contributed by atoms with Gasteiger partial charge in [0.05, 0.1) is 11.0 Å². The topological polar surface area (TPSA) is 94.1 Å². The van der Waals surface area contributed by atoms with Crippen LogP contribution in [0.5, 0.6) is 0 Å². The van der Waals surface area contributed by atoms with E-state index in [2.05, 4.69) is 31.2 Å². The van der Waals surface area contributed by atoms with E-state index in [0.29, 0.717) is 11.4 Å². The van der Waals surface area contributed by atoms with Crippen LogP contribution in [0.15, 0.2) is 42.7 Å². The lowest BCUT2D eigenvalue weighted by atomic mass is 10.0. The number of aromatic nitrogens is 3. The highest BCUT2D eigenvalue weighted by atomic mass is 16.3. The molecule has 3 aromatic rings. The number of benzene rings is 1. The van der Waals surface area contributed by atoms with Gasteiger partial charge in [-0.1, -0.05) is 6.07 Å². The van der Waals surface area contributed by atoms with Gasteiger partial charge >= 0.3 is 0 Å². The maximum absolute atomic E-state index is 12.7. The Morgan fingerprint density at radius 2 is 2.30 bits per heavy atom. The summed E-state index contributed by atoms with van der Waals surface area (Å²) in [6.07, 6.45) is 5.71. The molecule has 3 N–H and O–H groups in total. The molecule has 0 aliphatic carbocycles. The fraction of sp³-hybridized carbons (Fsp3) is 0.350. The number of H-pyrrole nitrogens is 1. The molecule has 27 heavy (non-hydrogen) atoms. The highest BCUT2D eigenvalue weighted by Crippen LogP contribution is 2.16. The summed E-state index contributed by atoms with van der Waals surface area (Å²) in [6.45, 7) is 2.57. The van der Waals surface area contributed by atoms with Crippen molar-refractivity contribution >= 4 is 16.9 Å². The molecule has 0 radical (unpaired) electrons. The van der Waals surface area contributed by atoms with Crippen LogP contribution in [0.4, 0.5) is 0 Å². The number of aliphatic hydroxyl groups is 1. The zero-order valence-corrected chi connectivity index (χ0v) is 15.1. The molecule has 3 heterocycles. The average Bonchev–Trinajstić information content (AvgIpc) is 3.11. The molecule has 1 aliphatic rings. The Balaban J connectivity index is 1.39. The zero-order chi connectivity index (χ0) is 18.6. The number of nitrogens with zero attached hydrogens (tertiary/aromatic N) is 3. The number of amides is 1. The Kier molecular flexibility index (Phi) is 5.13. The standard InChI is InChI=1S/C20H23N5O2/c26-13-19-23-17-6-5-15(9-18(17)24-19)20(27)22-16-4-2-8-25(12-16)11-14-3-1-7-21-10-14/h1,3,5-7,9-10,16,26H,2,4,8,11-13H2,(H,22,27)(H,23,24)/t16-/m0/s1. The van der Waals surface area contributed by atoms with E-state index in [4.69, 9.17) is 0 Å². The van der Waals surface area contributed by atoms with Gasteiger partial charge in [-0.15, -0.1) is 0 Å². The van der Waals surface area contributed by atoms with Crippen LogP contribution >= 0.6 is 0 Å². The van der Waals surface area contributed by atoms with E-state index in [0.717, 1.165) is 43.5 Å². The Morgan fingerprint density at radius 1 is 1.37 bits per heavy atom. The maximum Gasteiger partial charge on any atom is 0.251 e. The highest BCUT2D eigenvalue weighted by Gasteiger charge is 2.22. The minimum Gasteiger partial charge on any atom is -0.388 e. The van der Waals surface area contributed by atoms with Gasteiger partial charge in [-0.25, -0.2) is 4.98 Å². The number of hydrogen-bond acceptors (Lipinski definition) is 5. The van der Waals surface area contributed by atoms with Crippen molar-refractivity contribution in [3.63, 3.8) is 0 Å². The maximum atomic E-state index is 12.7. The summed E-state index contributed by atoms with van der Waals surface area (Å²) in [5, 5.41) is 12.3. The summed E-state index contributed by atoms with van der Waals surface area (Å²) in [5.41, 5.74) is 3.29. The zero-order valence-electron chi connectivity index (χ0n) is 15.1. The molecule has 1 aromatic carbocycles. The number of carbonyl (C=O) groups is 1. The summed E-state index contributed by atoms with van der Waals surface area (Å²) in [7, 11) is 0. The molecule has 4 rings (SSSR count). The number of likely N-dealkylation sites (tertiary alicyclic amines) is 1. The first-order chi connectivity index (χ1) is 13.2. The molecule has 1 saturated heterocycles. The molecule has 1 fully saturated rings. The van der Waals surface area contributed by atoms with Crippen molar-refractivity contribution in [1.29, 1.82) is 0 Å². The summed E-state index contributed by atoms with van der Waals surface area (Å²) in [4.78, 5) is 26.5. The van der Waals surface area contributed by atoms with Crippen LogP contribution in [0.3, 0.4) is 0 Å². The number of pyridine rings is 1. The first kappa shape index (κ1) is 17.6. The van der Waals surface area contributed by atoms with Gasteiger partial charge in [-0.05, 0) is 49.2 Å². The number of imidazole rings is 1. The number of fused-ring (bicyclic) bond motifs is 1. The van der Waals surface area contributed by atoms with Crippen LogP contribution in [0, 0.1) is 0 Å². The summed E-state index contributed by atoms with van der Waals surface area (Å²) >= 11 is 0. The fourth-order valence-electron chi connectivity index (χ4n) is 3.61. The number of rotatable bonds is 5. The van der Waals surface area contributed by atoms with Crippen molar-refractivity contribution in [2.75, 3.05) is 13.1 Å². The van der Waals surface area contributed by atoms with E-state index < -0.39 is 0 Å². The molecule has 7 nitrogen and oxygen atoms in total. The van der Waals surface area contributed by atoms with Crippen molar-refractivity contribution in [2.45, 2.75) is 32.0 Å². The Labute approximate surface area is 157 Å². The summed E-state index contributed by atoms with van der Waals surface area (Å²) in [6, 6.07) is 9.52. The molecular weight excluding hydrogens is 342 g/mol. The second-order valence-electron chi connectivity index (χ2n) is 6.98. The SMILES string of the molecule is O=C(N[C@H]1CCCN(Cc2cccnc2)C1)c1ccc2nc(CO)[nH]c2c1. The lowest BCUT2D eigenvalue weighted by molar-refractivity contribution is 0.0901. The van der Waals surface area contributed by atoms with Crippen LogP contribution in [0.2, 0.25) is 0 Å². The number of piperidine rings is 1. The van der Waals surface area contributed by atoms with Gasteiger partial charge in [0.2, 0.25) is 0 Å². The van der Waals surface area contributed by atoms with E-state index in [1.54, 1.807) is 24.4 Å². The summed E-state index contributed by atoms with van der Waals surface area (Å²) < 4.78 is 0. The van der Waals surface area contributed by atoms with Gasteiger partial charge in [0, 0.05) is 37.1 Å². The van der Waals surface area contributed by atoms with Gasteiger partial charge in [-0.2, -0.15) is 0 Å². The number of hydrogen-bond donors (Lipinski definition) is 3. The quantitative estimate of drug-likeness (QED) is 0.641. The monoisotopic (exact) mass is 365 g/mol. The van der Waals surface area contributed by atoms with Crippen LogP contribution in [0.25, 0.3) is 11.0 Å². The minimum absolute atomic E-state index is 0.0784. The Hall–Kier alpha value is -2.77. The molecule has 0 spiro atoms. The van der Waals surface area contributed by atoms with Crippen molar-refractivity contribution in [1.82, 2.24) is 25.2 Å². The third-order valence-corrected chi connectivity index (χ3v) is 4.91. The Morgan fingerprint density at radius 3 is 3.11 bits per heavy atom. The molecule has 140 valence electrons. The molecule has 1 atom stereocenters. The van der Waals surface area contributed by atoms with Gasteiger partial charge < -0.3 is 15.4 Å². The Bertz CT molecular complexity index is 925. The van der Waals surface area contributed by atoms with Crippen LogP contribution < -0.4 is 5.32 Å². The lowest BCUT2D eigenvalue weighted by Crippen LogP contribution is -2.47. The third-order valence-electron chi connectivity index (χ3n) is 4.91. The van der Waals surface area contributed by atoms with Gasteiger partial charge in [0.25, 0.3) is 5.91 Å². The molecule has 0 unspecified atom stereocenters. The molecule has 2 aromatic heterocycles. The van der Waals surface area contributed by atoms with Crippen molar-refractivity contribution < 1.29 is 9.90 Å². The second-order valence-corrected chi connectivity index (χ2v) is 6.98. The van der Waals surface area contributed by atoms with Crippen molar-refractivity contribution in [3.05, 3.63) is 59.7 Å². The van der Waals surface area contributed by atoms with Crippen molar-refractivity contribution in [3.8, 4) is 0 Å². The van der Waals surface area contributed by atoms with Gasteiger partial charge in [0.15, 0.2) is 0 Å². The second kappa shape index (κ2) is 7.85. The van der Waals surface area contributed by atoms with Crippen LogP contribution in [-0.2, 0) is 13.2 Å². The number of aliphatic hydroxyl groups excluding tert-OH is 1. The lowest BCUT2D eigenvalue weighted by Gasteiger charge is -2.33. The highest BCUT2D eigenvalue weighted by molar-refractivity contribution is 5.97. The average molecular weight is 365 g/mol. The number of carbonyl (C=O) groups excluding carboxylic acids is 1. The van der Waals surface area contributed by atoms with E-state index >= 15 is 0 Å². The van der Waals surface area contributed by atoms with E-state index in [-0.39, 0.29) is 18.6 Å². The van der Waals surface area contributed by atoms with E-state index in [9.17, 15) is 9.90 Å². The largest absolute Gasteiger partial charge is 0.388 e. The number of aromatic amines is 1. The molecule has 7 heteroatoms. The first-order valence-corrected chi connectivity index (χ1v) is 9.23.